The highest BCUT2D eigenvalue weighted by atomic mass is 19.1. The Kier molecular flexibility index (Phi) is 7.26. The Morgan fingerprint density at radius 1 is 1.17 bits per heavy atom. The number of amides is 1. The first-order valence-corrected chi connectivity index (χ1v) is 12.8. The number of fused-ring (bicyclic) bond motifs is 1. The molecule has 2 heterocycles. The third-order valence-corrected chi connectivity index (χ3v) is 7.02. The number of hydrogen-bond acceptors (Lipinski definition) is 8. The van der Waals surface area contributed by atoms with Crippen LogP contribution in [0, 0.1) is 17.0 Å². The number of cyclic esters (lactones) is 1. The minimum Gasteiger partial charge on any atom is -0.488 e. The Labute approximate surface area is 231 Å². The highest BCUT2D eigenvalue weighted by molar-refractivity contribution is 6.02. The smallest absolute Gasteiger partial charge is 0.414 e. The van der Waals surface area contributed by atoms with Gasteiger partial charge in [0.25, 0.3) is 0 Å². The lowest BCUT2D eigenvalue weighted by molar-refractivity contribution is 0.0168. The summed E-state index contributed by atoms with van der Waals surface area (Å²) in [5.74, 6) is -3.40. The van der Waals surface area contributed by atoms with Crippen LogP contribution in [0.1, 0.15) is 48.1 Å². The van der Waals surface area contributed by atoms with Crippen LogP contribution in [0.2, 0.25) is 0 Å². The number of ether oxygens (including phenoxy) is 2. The standard InChI is InChI=1S/C28H27F2N3O8/c1-28(39,13-40-24-5-4-15(6-21(24)30)33-10-16(12-34)41-27(33)38)9-22(31)17-8-23-18(7-20(17)29)25(35)19(26(36)37)11-32(23)14-2-3-14/h4-8,11,14,16,31,34,39H,2-3,9-10,12-13H2,1H3,(H,36,37)/t16-,28+/m1/s1. The van der Waals surface area contributed by atoms with Crippen molar-refractivity contribution in [3.63, 3.8) is 0 Å². The fourth-order valence-electron chi connectivity index (χ4n) is 4.77. The summed E-state index contributed by atoms with van der Waals surface area (Å²) in [6.45, 7) is 0.550. The van der Waals surface area contributed by atoms with Crippen LogP contribution in [0.25, 0.3) is 10.9 Å². The fraction of sp³-hybridized carbons (Fsp3) is 0.357. The largest absolute Gasteiger partial charge is 0.488 e. The molecule has 0 unspecified atom stereocenters. The summed E-state index contributed by atoms with van der Waals surface area (Å²) in [4.78, 5) is 37.3. The molecule has 1 aliphatic heterocycles. The predicted octanol–water partition coefficient (Wildman–Crippen LogP) is 3.22. The summed E-state index contributed by atoms with van der Waals surface area (Å²) >= 11 is 0. The number of aromatic carboxylic acids is 1. The Balaban J connectivity index is 1.32. The number of hydrogen-bond donors (Lipinski definition) is 4. The minimum absolute atomic E-state index is 0.0475. The van der Waals surface area contributed by atoms with E-state index in [0.717, 1.165) is 29.9 Å². The molecule has 1 saturated heterocycles. The molecular weight excluding hydrogens is 544 g/mol. The van der Waals surface area contributed by atoms with E-state index in [1.165, 1.54) is 31.3 Å². The molecule has 3 aromatic rings. The summed E-state index contributed by atoms with van der Waals surface area (Å²) in [6, 6.07) is 5.89. The van der Waals surface area contributed by atoms with Crippen molar-refractivity contribution in [3.8, 4) is 5.75 Å². The number of aliphatic hydroxyl groups is 2. The maximum absolute atomic E-state index is 15.1. The first-order valence-electron chi connectivity index (χ1n) is 12.8. The summed E-state index contributed by atoms with van der Waals surface area (Å²) in [6.07, 6.45) is 0.917. The molecule has 0 radical (unpaired) electrons. The Morgan fingerprint density at radius 3 is 2.51 bits per heavy atom. The van der Waals surface area contributed by atoms with Crippen LogP contribution < -0.4 is 15.1 Å². The zero-order valence-electron chi connectivity index (χ0n) is 21.9. The van der Waals surface area contributed by atoms with Crippen LogP contribution in [0.5, 0.6) is 5.75 Å². The van der Waals surface area contributed by atoms with Gasteiger partial charge >= 0.3 is 12.1 Å². The lowest BCUT2D eigenvalue weighted by atomic mass is 9.94. The second-order valence-corrected chi connectivity index (χ2v) is 10.5. The van der Waals surface area contributed by atoms with Crippen molar-refractivity contribution in [2.45, 2.75) is 43.9 Å². The van der Waals surface area contributed by atoms with Gasteiger partial charge in [0.15, 0.2) is 11.6 Å². The van der Waals surface area contributed by atoms with Crippen LogP contribution in [0.3, 0.4) is 0 Å². The van der Waals surface area contributed by atoms with Gasteiger partial charge in [-0.3, -0.25) is 9.69 Å². The molecule has 2 atom stereocenters. The second kappa shape index (κ2) is 10.6. The molecule has 1 aliphatic carbocycles. The van der Waals surface area contributed by atoms with Gasteiger partial charge in [-0.15, -0.1) is 0 Å². The lowest BCUT2D eigenvalue weighted by Gasteiger charge is -2.24. The van der Waals surface area contributed by atoms with E-state index in [4.69, 9.17) is 14.9 Å². The van der Waals surface area contributed by atoms with E-state index in [9.17, 15) is 34.1 Å². The molecule has 0 bridgehead atoms. The molecule has 2 aliphatic rings. The maximum atomic E-state index is 15.1. The van der Waals surface area contributed by atoms with Gasteiger partial charge in [0, 0.05) is 41.4 Å². The average Bonchev–Trinajstić information content (AvgIpc) is 3.68. The fourth-order valence-corrected chi connectivity index (χ4v) is 4.77. The number of rotatable bonds is 10. The molecule has 41 heavy (non-hydrogen) atoms. The van der Waals surface area contributed by atoms with Crippen molar-refractivity contribution in [1.82, 2.24) is 4.57 Å². The molecule has 2 fully saturated rings. The van der Waals surface area contributed by atoms with Gasteiger partial charge in [-0.2, -0.15) is 0 Å². The SMILES string of the molecule is C[C@@](O)(COc1ccc(N2C[C@H](CO)OC2=O)cc1F)CC(=N)c1cc2c(cc1F)c(=O)c(C(=O)O)cn2C1CC1. The van der Waals surface area contributed by atoms with Gasteiger partial charge in [0.05, 0.1) is 24.4 Å². The van der Waals surface area contributed by atoms with Gasteiger partial charge in [-0.05, 0) is 44.0 Å². The number of anilines is 1. The van der Waals surface area contributed by atoms with Crippen LogP contribution in [-0.2, 0) is 4.74 Å². The number of carboxylic acids is 1. The van der Waals surface area contributed by atoms with Crippen LogP contribution in [-0.4, -0.2) is 69.1 Å². The van der Waals surface area contributed by atoms with Crippen LogP contribution in [0.15, 0.2) is 41.3 Å². The summed E-state index contributed by atoms with van der Waals surface area (Å²) in [5.41, 5.74) is -3.04. The topological polar surface area (TPSA) is 162 Å². The van der Waals surface area contributed by atoms with Crippen LogP contribution >= 0.6 is 0 Å². The molecule has 1 saturated carbocycles. The number of halogens is 2. The van der Waals surface area contributed by atoms with Crippen molar-refractivity contribution in [2.24, 2.45) is 0 Å². The van der Waals surface area contributed by atoms with E-state index in [1.807, 2.05) is 0 Å². The first-order chi connectivity index (χ1) is 19.4. The summed E-state index contributed by atoms with van der Waals surface area (Å²) in [7, 11) is 0. The van der Waals surface area contributed by atoms with Crippen molar-refractivity contribution in [2.75, 3.05) is 24.7 Å². The number of carbonyl (C=O) groups excluding carboxylic acids is 1. The average molecular weight is 572 g/mol. The van der Waals surface area contributed by atoms with Gasteiger partial charge in [-0.25, -0.2) is 18.4 Å². The van der Waals surface area contributed by atoms with E-state index in [-0.39, 0.29) is 52.8 Å². The van der Waals surface area contributed by atoms with Crippen molar-refractivity contribution >= 4 is 34.4 Å². The number of carboxylic acid groups (broad SMARTS) is 1. The second-order valence-electron chi connectivity index (χ2n) is 10.5. The predicted molar refractivity (Wildman–Crippen MR) is 142 cm³/mol. The number of pyridine rings is 1. The number of aliphatic hydroxyl groups excluding tert-OH is 1. The zero-order chi connectivity index (χ0) is 29.6. The number of nitrogens with zero attached hydrogens (tertiary/aromatic N) is 2. The van der Waals surface area contributed by atoms with Gasteiger partial charge in [0.2, 0.25) is 5.43 Å². The van der Waals surface area contributed by atoms with E-state index in [0.29, 0.717) is 0 Å². The quantitative estimate of drug-likeness (QED) is 0.270. The van der Waals surface area contributed by atoms with Gasteiger partial charge < -0.3 is 34.8 Å². The molecular formula is C28H27F2N3O8. The molecule has 13 heteroatoms. The van der Waals surface area contributed by atoms with Crippen molar-refractivity contribution in [3.05, 3.63) is 69.5 Å². The number of aromatic nitrogens is 1. The monoisotopic (exact) mass is 571 g/mol. The lowest BCUT2D eigenvalue weighted by Crippen LogP contribution is -2.35. The molecule has 0 spiro atoms. The van der Waals surface area contributed by atoms with Gasteiger partial charge in [-0.1, -0.05) is 0 Å². The molecule has 1 aromatic heterocycles. The third-order valence-electron chi connectivity index (χ3n) is 7.02. The minimum atomic E-state index is -1.74. The highest BCUT2D eigenvalue weighted by Crippen LogP contribution is 2.37. The molecule has 216 valence electrons. The number of nitrogens with one attached hydrogen (secondary N) is 1. The summed E-state index contributed by atoms with van der Waals surface area (Å²) < 4.78 is 41.8. The molecule has 5 rings (SSSR count). The molecule has 2 aromatic carbocycles. The maximum Gasteiger partial charge on any atom is 0.414 e. The van der Waals surface area contributed by atoms with E-state index >= 15 is 4.39 Å². The highest BCUT2D eigenvalue weighted by Gasteiger charge is 2.33. The van der Waals surface area contributed by atoms with Crippen LogP contribution in [0.4, 0.5) is 19.3 Å². The normalized spacial score (nSPS) is 18.3. The molecule has 4 N–H and O–H groups in total. The molecule has 11 nitrogen and oxygen atoms in total. The Bertz CT molecular complexity index is 1630. The van der Waals surface area contributed by atoms with E-state index < -0.39 is 59.4 Å². The Hall–Kier alpha value is -4.36. The van der Waals surface area contributed by atoms with Gasteiger partial charge in [0.1, 0.15) is 29.7 Å². The van der Waals surface area contributed by atoms with E-state index in [1.54, 1.807) is 4.57 Å². The number of benzene rings is 2. The zero-order valence-corrected chi connectivity index (χ0v) is 21.9. The Morgan fingerprint density at radius 2 is 1.90 bits per heavy atom. The van der Waals surface area contributed by atoms with E-state index in [2.05, 4.69) is 0 Å². The molecule has 1 amide bonds. The van der Waals surface area contributed by atoms with Crippen molar-refractivity contribution < 1.29 is 43.2 Å². The first kappa shape index (κ1) is 28.2. The van der Waals surface area contributed by atoms with Crippen molar-refractivity contribution in [1.29, 1.82) is 5.41 Å². The third kappa shape index (κ3) is 5.63. The summed E-state index contributed by atoms with van der Waals surface area (Å²) in [5, 5.41) is 37.8. The number of carbonyl (C=O) groups is 2.